The van der Waals surface area contributed by atoms with Crippen LogP contribution in [-0.4, -0.2) is 86.0 Å². The van der Waals surface area contributed by atoms with E-state index in [2.05, 4.69) is 10.3 Å². The summed E-state index contributed by atoms with van der Waals surface area (Å²) in [5.41, 5.74) is -1.13. The molecule has 2 heterocycles. The molecule has 0 radical (unpaired) electrons. The third-order valence-corrected chi connectivity index (χ3v) is 4.25. The van der Waals surface area contributed by atoms with Gasteiger partial charge in [0.1, 0.15) is 35.8 Å². The lowest BCUT2D eigenvalue weighted by Gasteiger charge is -2.40. The van der Waals surface area contributed by atoms with Gasteiger partial charge in [-0.15, -0.1) is 11.6 Å². The molecule has 146 valence electrons. The standard InChI is InChI=1S/C14H20ClN3O8/c1-18-13(24)7(5(20)3-15)11(17-14(18)25-2)16-12-10(23)9(22)8(21)6(4-19)26-12/h6,8-10,12,16,19,21-23H,3-4H2,1-2H3/t6-,8+,9+,10-,12-/m0/s1. The summed E-state index contributed by atoms with van der Waals surface area (Å²) in [7, 11) is 2.61. The zero-order chi connectivity index (χ0) is 19.6. The lowest BCUT2D eigenvalue weighted by molar-refractivity contribution is -0.221. The number of carbonyl (C=O) groups is 1. The number of aliphatic hydroxyl groups excluding tert-OH is 4. The minimum absolute atomic E-state index is 0.131. The Morgan fingerprint density at radius 2 is 2.00 bits per heavy atom. The molecule has 5 atom stereocenters. The predicted molar refractivity (Wildman–Crippen MR) is 88.5 cm³/mol. The average Bonchev–Trinajstić information content (AvgIpc) is 2.64. The first-order chi connectivity index (χ1) is 12.3. The lowest BCUT2D eigenvalue weighted by atomic mass is 9.98. The van der Waals surface area contributed by atoms with E-state index in [1.165, 1.54) is 14.2 Å². The van der Waals surface area contributed by atoms with Crippen molar-refractivity contribution in [2.24, 2.45) is 7.05 Å². The van der Waals surface area contributed by atoms with Crippen LogP contribution in [0.1, 0.15) is 10.4 Å². The van der Waals surface area contributed by atoms with Crippen molar-refractivity contribution in [3.05, 3.63) is 15.9 Å². The minimum Gasteiger partial charge on any atom is -0.468 e. The second-order valence-corrected chi connectivity index (χ2v) is 5.90. The highest BCUT2D eigenvalue weighted by Crippen LogP contribution is 2.24. The number of aromatic nitrogens is 2. The van der Waals surface area contributed by atoms with Gasteiger partial charge in [-0.1, -0.05) is 0 Å². The van der Waals surface area contributed by atoms with Crippen molar-refractivity contribution in [2.75, 3.05) is 24.9 Å². The van der Waals surface area contributed by atoms with Crippen LogP contribution >= 0.6 is 11.6 Å². The molecule has 2 rings (SSSR count). The molecule has 0 amide bonds. The van der Waals surface area contributed by atoms with Crippen LogP contribution in [0.15, 0.2) is 4.79 Å². The highest BCUT2D eigenvalue weighted by atomic mass is 35.5. The van der Waals surface area contributed by atoms with Crippen LogP contribution in [0.5, 0.6) is 6.01 Å². The zero-order valence-corrected chi connectivity index (χ0v) is 14.8. The molecule has 1 fully saturated rings. The molecule has 0 spiro atoms. The average molecular weight is 394 g/mol. The van der Waals surface area contributed by atoms with E-state index in [9.17, 15) is 30.0 Å². The van der Waals surface area contributed by atoms with Crippen LogP contribution in [-0.2, 0) is 11.8 Å². The van der Waals surface area contributed by atoms with E-state index in [-0.39, 0.29) is 17.4 Å². The Hall–Kier alpha value is -1.76. The maximum atomic E-state index is 12.4. The number of Topliss-reactive ketones (excluding diaryl/α,β-unsaturated/α-hetero) is 1. The van der Waals surface area contributed by atoms with Crippen LogP contribution < -0.4 is 15.6 Å². The maximum Gasteiger partial charge on any atom is 0.300 e. The predicted octanol–water partition coefficient (Wildman–Crippen LogP) is -2.58. The van der Waals surface area contributed by atoms with Crippen molar-refractivity contribution in [1.82, 2.24) is 9.55 Å². The van der Waals surface area contributed by atoms with Crippen molar-refractivity contribution < 1.29 is 34.7 Å². The number of hydrogen-bond donors (Lipinski definition) is 5. The minimum atomic E-state index is -1.64. The number of aliphatic hydroxyl groups is 4. The van der Waals surface area contributed by atoms with Crippen molar-refractivity contribution in [1.29, 1.82) is 0 Å². The fraction of sp³-hybridized carbons (Fsp3) is 0.643. The highest BCUT2D eigenvalue weighted by Gasteiger charge is 2.44. The van der Waals surface area contributed by atoms with Gasteiger partial charge in [0.25, 0.3) is 5.56 Å². The van der Waals surface area contributed by atoms with Crippen molar-refractivity contribution >= 4 is 23.2 Å². The Labute approximate surface area is 152 Å². The summed E-state index contributed by atoms with van der Waals surface area (Å²) in [4.78, 5) is 28.5. The van der Waals surface area contributed by atoms with Crippen molar-refractivity contribution in [2.45, 2.75) is 30.6 Å². The number of anilines is 1. The second kappa shape index (κ2) is 8.29. The number of nitrogens with zero attached hydrogens (tertiary/aromatic N) is 2. The number of hydrogen-bond acceptors (Lipinski definition) is 10. The summed E-state index contributed by atoms with van der Waals surface area (Å²) in [5, 5.41) is 41.5. The number of carbonyl (C=O) groups excluding carboxylic acids is 1. The fourth-order valence-corrected chi connectivity index (χ4v) is 2.68. The van der Waals surface area contributed by atoms with E-state index in [1.807, 2.05) is 0 Å². The summed E-state index contributed by atoms with van der Waals surface area (Å²) < 4.78 is 11.3. The lowest BCUT2D eigenvalue weighted by Crippen LogP contribution is -2.60. The Balaban J connectivity index is 2.46. The summed E-state index contributed by atoms with van der Waals surface area (Å²) in [5.74, 6) is -1.50. The Kier molecular flexibility index (Phi) is 6.55. The quantitative estimate of drug-likeness (QED) is 0.256. The fourth-order valence-electron chi connectivity index (χ4n) is 2.54. The molecule has 0 unspecified atom stereocenters. The first kappa shape index (κ1) is 20.6. The molecule has 0 saturated carbocycles. The number of halogens is 1. The van der Waals surface area contributed by atoms with Gasteiger partial charge in [0.05, 0.1) is 19.6 Å². The molecular formula is C14H20ClN3O8. The highest BCUT2D eigenvalue weighted by molar-refractivity contribution is 6.31. The molecule has 12 heteroatoms. The Morgan fingerprint density at radius 1 is 1.35 bits per heavy atom. The van der Waals surface area contributed by atoms with E-state index in [0.29, 0.717) is 0 Å². The van der Waals surface area contributed by atoms with Gasteiger partial charge in [0, 0.05) is 7.05 Å². The van der Waals surface area contributed by atoms with Crippen LogP contribution in [0.3, 0.4) is 0 Å². The Bertz CT molecular complexity index is 725. The van der Waals surface area contributed by atoms with Crippen molar-refractivity contribution in [3.8, 4) is 6.01 Å². The summed E-state index contributed by atoms with van der Waals surface area (Å²) in [6.07, 6.45) is -7.38. The maximum absolute atomic E-state index is 12.4. The van der Waals surface area contributed by atoms with Gasteiger partial charge >= 0.3 is 6.01 Å². The number of methoxy groups -OCH3 is 1. The molecule has 0 bridgehead atoms. The molecule has 26 heavy (non-hydrogen) atoms. The number of ketones is 1. The number of alkyl halides is 1. The number of nitrogens with one attached hydrogen (secondary N) is 1. The van der Waals surface area contributed by atoms with Gasteiger partial charge in [-0.25, -0.2) is 0 Å². The molecule has 1 saturated heterocycles. The normalized spacial score (nSPS) is 28.7. The van der Waals surface area contributed by atoms with E-state index in [0.717, 1.165) is 4.57 Å². The number of rotatable bonds is 6. The van der Waals surface area contributed by atoms with Crippen LogP contribution in [0.4, 0.5) is 5.82 Å². The smallest absolute Gasteiger partial charge is 0.300 e. The van der Waals surface area contributed by atoms with E-state index >= 15 is 0 Å². The molecule has 0 aromatic carbocycles. The number of ether oxygens (including phenoxy) is 2. The first-order valence-corrected chi connectivity index (χ1v) is 8.11. The summed E-state index contributed by atoms with van der Waals surface area (Å²) >= 11 is 5.54. The summed E-state index contributed by atoms with van der Waals surface area (Å²) in [6.45, 7) is -0.635. The van der Waals surface area contributed by atoms with E-state index < -0.39 is 54.5 Å². The molecular weight excluding hydrogens is 374 g/mol. The monoisotopic (exact) mass is 393 g/mol. The van der Waals surface area contributed by atoms with Crippen LogP contribution in [0, 0.1) is 0 Å². The zero-order valence-electron chi connectivity index (χ0n) is 14.0. The van der Waals surface area contributed by atoms with Gasteiger partial charge in [-0.3, -0.25) is 14.2 Å². The third kappa shape index (κ3) is 3.68. The topological polar surface area (TPSA) is 163 Å². The Morgan fingerprint density at radius 3 is 2.54 bits per heavy atom. The molecule has 1 aromatic rings. The molecule has 11 nitrogen and oxygen atoms in total. The van der Waals surface area contributed by atoms with Crippen LogP contribution in [0.2, 0.25) is 0 Å². The van der Waals surface area contributed by atoms with Gasteiger partial charge in [0.2, 0.25) is 0 Å². The first-order valence-electron chi connectivity index (χ1n) is 7.58. The molecule has 1 aliphatic rings. The van der Waals surface area contributed by atoms with Gasteiger partial charge in [-0.2, -0.15) is 4.98 Å². The SMILES string of the molecule is COc1nc(N[C@H]2O[C@@H](CO)[C@@H](O)[C@@H](O)[C@@H]2O)c(C(=O)CCl)c(=O)n1C. The largest absolute Gasteiger partial charge is 0.468 e. The third-order valence-electron chi connectivity index (χ3n) is 4.00. The molecule has 1 aliphatic heterocycles. The van der Waals surface area contributed by atoms with Crippen LogP contribution in [0.25, 0.3) is 0 Å². The van der Waals surface area contributed by atoms with Gasteiger partial charge in [0.15, 0.2) is 12.0 Å². The van der Waals surface area contributed by atoms with Crippen molar-refractivity contribution in [3.63, 3.8) is 0 Å². The molecule has 5 N–H and O–H groups in total. The summed E-state index contributed by atoms with van der Waals surface area (Å²) in [6, 6.07) is -0.131. The van der Waals surface area contributed by atoms with Gasteiger partial charge in [-0.05, 0) is 0 Å². The molecule has 0 aliphatic carbocycles. The van der Waals surface area contributed by atoms with E-state index in [1.54, 1.807) is 0 Å². The second-order valence-electron chi connectivity index (χ2n) is 5.64. The molecule has 1 aromatic heterocycles. The van der Waals surface area contributed by atoms with Gasteiger partial charge < -0.3 is 35.2 Å². The van der Waals surface area contributed by atoms with E-state index in [4.69, 9.17) is 21.1 Å².